The minimum Gasteiger partial charge on any atom is -0.380 e. The van der Waals surface area contributed by atoms with E-state index in [4.69, 9.17) is 10.5 Å². The number of nitrogens with one attached hydrogen (secondary N) is 1. The van der Waals surface area contributed by atoms with E-state index in [1.54, 1.807) is 18.2 Å². The first-order valence-corrected chi connectivity index (χ1v) is 6.98. The van der Waals surface area contributed by atoms with E-state index in [2.05, 4.69) is 36.5 Å². The van der Waals surface area contributed by atoms with Gasteiger partial charge in [0.05, 0.1) is 16.8 Å². The molecule has 0 aromatic heterocycles. The first kappa shape index (κ1) is 14.6. The fourth-order valence-corrected chi connectivity index (χ4v) is 2.24. The Kier molecular flexibility index (Phi) is 4.96. The van der Waals surface area contributed by atoms with Crippen LogP contribution in [-0.2, 0) is 6.42 Å². The SMILES string of the molecule is CC(CCc1ccccc1)Nc1c(C#N)cccc1C#N. The zero-order valence-corrected chi connectivity index (χ0v) is 12.0. The van der Waals surface area contributed by atoms with Crippen molar-refractivity contribution in [1.29, 1.82) is 10.5 Å². The van der Waals surface area contributed by atoms with E-state index in [1.807, 2.05) is 18.2 Å². The van der Waals surface area contributed by atoms with Gasteiger partial charge in [0.25, 0.3) is 0 Å². The Morgan fingerprint density at radius 2 is 1.57 bits per heavy atom. The van der Waals surface area contributed by atoms with E-state index in [9.17, 15) is 0 Å². The monoisotopic (exact) mass is 275 g/mol. The molecule has 0 spiro atoms. The Balaban J connectivity index is 2.05. The van der Waals surface area contributed by atoms with Gasteiger partial charge >= 0.3 is 0 Å². The van der Waals surface area contributed by atoms with Crippen LogP contribution in [0.3, 0.4) is 0 Å². The molecule has 1 unspecified atom stereocenters. The van der Waals surface area contributed by atoms with Crippen molar-refractivity contribution in [2.45, 2.75) is 25.8 Å². The maximum absolute atomic E-state index is 9.16. The first-order valence-electron chi connectivity index (χ1n) is 6.98. The number of anilines is 1. The van der Waals surface area contributed by atoms with Crippen LogP contribution in [0.1, 0.15) is 30.0 Å². The molecule has 21 heavy (non-hydrogen) atoms. The van der Waals surface area contributed by atoms with Gasteiger partial charge in [-0.3, -0.25) is 0 Å². The summed E-state index contributed by atoms with van der Waals surface area (Å²) in [6.07, 6.45) is 1.90. The topological polar surface area (TPSA) is 59.6 Å². The summed E-state index contributed by atoms with van der Waals surface area (Å²) in [7, 11) is 0. The lowest BCUT2D eigenvalue weighted by Crippen LogP contribution is -2.17. The minimum absolute atomic E-state index is 0.187. The van der Waals surface area contributed by atoms with Crippen molar-refractivity contribution in [3.05, 3.63) is 65.2 Å². The molecule has 0 radical (unpaired) electrons. The predicted molar refractivity (Wildman–Crippen MR) is 83.7 cm³/mol. The van der Waals surface area contributed by atoms with Gasteiger partial charge in [0.1, 0.15) is 12.1 Å². The molecule has 1 N–H and O–H groups in total. The molecule has 0 aliphatic carbocycles. The fourth-order valence-electron chi connectivity index (χ4n) is 2.24. The van der Waals surface area contributed by atoms with Crippen LogP contribution in [0.4, 0.5) is 5.69 Å². The first-order chi connectivity index (χ1) is 10.2. The van der Waals surface area contributed by atoms with Crippen molar-refractivity contribution in [2.75, 3.05) is 5.32 Å². The summed E-state index contributed by atoms with van der Waals surface area (Å²) >= 11 is 0. The van der Waals surface area contributed by atoms with Crippen LogP contribution < -0.4 is 5.32 Å². The Morgan fingerprint density at radius 3 is 2.14 bits per heavy atom. The lowest BCUT2D eigenvalue weighted by atomic mass is 10.0. The normalized spacial score (nSPS) is 11.2. The molecule has 1 atom stereocenters. The van der Waals surface area contributed by atoms with E-state index in [1.165, 1.54) is 5.56 Å². The van der Waals surface area contributed by atoms with Crippen LogP contribution in [0, 0.1) is 22.7 Å². The van der Waals surface area contributed by atoms with Gasteiger partial charge in [-0.1, -0.05) is 36.4 Å². The molecular weight excluding hydrogens is 258 g/mol. The molecule has 0 bridgehead atoms. The highest BCUT2D eigenvalue weighted by atomic mass is 14.9. The number of nitrogens with zero attached hydrogens (tertiary/aromatic N) is 2. The van der Waals surface area contributed by atoms with Crippen LogP contribution in [0.2, 0.25) is 0 Å². The molecule has 0 aliphatic heterocycles. The van der Waals surface area contributed by atoms with Gasteiger partial charge in [-0.05, 0) is 37.5 Å². The highest BCUT2D eigenvalue weighted by molar-refractivity contribution is 5.66. The summed E-state index contributed by atoms with van der Waals surface area (Å²) in [5.74, 6) is 0. The highest BCUT2D eigenvalue weighted by Crippen LogP contribution is 2.21. The van der Waals surface area contributed by atoms with Gasteiger partial charge in [-0.2, -0.15) is 10.5 Å². The quantitative estimate of drug-likeness (QED) is 0.901. The number of hydrogen-bond donors (Lipinski definition) is 1. The Hall–Kier alpha value is -2.78. The molecule has 0 aliphatic rings. The number of nitriles is 2. The number of rotatable bonds is 5. The van der Waals surface area contributed by atoms with E-state index in [-0.39, 0.29) is 6.04 Å². The summed E-state index contributed by atoms with van der Waals surface area (Å²) in [5, 5.41) is 21.6. The predicted octanol–water partition coefficient (Wildman–Crippen LogP) is 3.86. The molecule has 0 heterocycles. The van der Waals surface area contributed by atoms with Crippen LogP contribution in [0.25, 0.3) is 0 Å². The van der Waals surface area contributed by atoms with Gasteiger partial charge in [0.2, 0.25) is 0 Å². The Morgan fingerprint density at radius 1 is 0.952 bits per heavy atom. The van der Waals surface area contributed by atoms with E-state index >= 15 is 0 Å². The third-order valence-corrected chi connectivity index (χ3v) is 3.40. The largest absolute Gasteiger partial charge is 0.380 e. The van der Waals surface area contributed by atoms with Crippen molar-refractivity contribution < 1.29 is 0 Å². The molecule has 2 aromatic carbocycles. The molecule has 0 saturated carbocycles. The maximum Gasteiger partial charge on any atom is 0.101 e. The molecule has 0 fully saturated rings. The Labute approximate surface area is 125 Å². The third-order valence-electron chi connectivity index (χ3n) is 3.40. The fraction of sp³-hybridized carbons (Fsp3) is 0.222. The van der Waals surface area contributed by atoms with Crippen molar-refractivity contribution in [2.24, 2.45) is 0 Å². The lowest BCUT2D eigenvalue weighted by Gasteiger charge is -2.17. The average molecular weight is 275 g/mol. The average Bonchev–Trinajstić information content (AvgIpc) is 2.54. The smallest absolute Gasteiger partial charge is 0.101 e. The molecule has 0 amide bonds. The molecule has 3 heteroatoms. The summed E-state index contributed by atoms with van der Waals surface area (Å²) in [5.41, 5.74) is 2.96. The second kappa shape index (κ2) is 7.12. The van der Waals surface area contributed by atoms with Crippen LogP contribution in [0.5, 0.6) is 0 Å². The molecule has 2 aromatic rings. The summed E-state index contributed by atoms with van der Waals surface area (Å²) < 4.78 is 0. The van der Waals surface area contributed by atoms with E-state index in [0.717, 1.165) is 12.8 Å². The van der Waals surface area contributed by atoms with Crippen molar-refractivity contribution in [3.8, 4) is 12.1 Å². The molecule has 0 saturated heterocycles. The number of benzene rings is 2. The summed E-state index contributed by atoms with van der Waals surface area (Å²) in [6, 6.07) is 19.9. The van der Waals surface area contributed by atoms with Gasteiger partial charge in [-0.25, -0.2) is 0 Å². The number of aryl methyl sites for hydroxylation is 1. The third kappa shape index (κ3) is 3.84. The summed E-state index contributed by atoms with van der Waals surface area (Å²) in [4.78, 5) is 0. The standard InChI is InChI=1S/C18H17N3/c1-14(10-11-15-6-3-2-4-7-15)21-18-16(12-19)8-5-9-17(18)13-20/h2-9,14,21H,10-11H2,1H3. The summed E-state index contributed by atoms with van der Waals surface area (Å²) in [6.45, 7) is 2.07. The van der Waals surface area contributed by atoms with Gasteiger partial charge in [0.15, 0.2) is 0 Å². The molecular formula is C18H17N3. The van der Waals surface area contributed by atoms with E-state index < -0.39 is 0 Å². The number of hydrogen-bond acceptors (Lipinski definition) is 3. The second-order valence-electron chi connectivity index (χ2n) is 5.02. The minimum atomic E-state index is 0.187. The van der Waals surface area contributed by atoms with Crippen molar-refractivity contribution in [3.63, 3.8) is 0 Å². The van der Waals surface area contributed by atoms with Crippen LogP contribution in [-0.4, -0.2) is 6.04 Å². The lowest BCUT2D eigenvalue weighted by molar-refractivity contribution is 0.706. The van der Waals surface area contributed by atoms with Gasteiger partial charge in [-0.15, -0.1) is 0 Å². The van der Waals surface area contributed by atoms with Crippen molar-refractivity contribution >= 4 is 5.69 Å². The zero-order valence-electron chi connectivity index (χ0n) is 12.0. The van der Waals surface area contributed by atoms with Gasteiger partial charge in [0, 0.05) is 6.04 Å². The van der Waals surface area contributed by atoms with Crippen molar-refractivity contribution in [1.82, 2.24) is 0 Å². The Bertz CT molecular complexity index is 646. The van der Waals surface area contributed by atoms with Gasteiger partial charge < -0.3 is 5.32 Å². The van der Waals surface area contributed by atoms with Crippen LogP contribution >= 0.6 is 0 Å². The number of para-hydroxylation sites is 1. The van der Waals surface area contributed by atoms with Crippen LogP contribution in [0.15, 0.2) is 48.5 Å². The maximum atomic E-state index is 9.16. The van der Waals surface area contributed by atoms with E-state index in [0.29, 0.717) is 16.8 Å². The molecule has 104 valence electrons. The second-order valence-corrected chi connectivity index (χ2v) is 5.02. The zero-order chi connectivity index (χ0) is 15.1. The highest BCUT2D eigenvalue weighted by Gasteiger charge is 2.11. The molecule has 2 rings (SSSR count). The molecule has 3 nitrogen and oxygen atoms in total.